The fraction of sp³-hybridized carbons (Fsp3) is 0.286. The van der Waals surface area contributed by atoms with Gasteiger partial charge in [0, 0.05) is 22.3 Å². The van der Waals surface area contributed by atoms with Gasteiger partial charge in [-0.3, -0.25) is 9.59 Å². The van der Waals surface area contributed by atoms with Crippen molar-refractivity contribution in [2.75, 3.05) is 6.61 Å². The summed E-state index contributed by atoms with van der Waals surface area (Å²) in [4.78, 5) is 24.3. The molecule has 0 atom stereocenters. The molecule has 0 fully saturated rings. The number of fused-ring (bicyclic) bond motifs is 1. The number of aliphatic hydroxyl groups is 1. The molecule has 2 rings (SSSR count). The Morgan fingerprint density at radius 1 is 1.06 bits per heavy atom. The Balaban J connectivity index is 2.68. The van der Waals surface area contributed by atoms with Crippen LogP contribution in [0.5, 0.6) is 0 Å². The number of carbonyl (C=O) groups excluding carboxylic acids is 2. The molecule has 0 amide bonds. The summed E-state index contributed by atoms with van der Waals surface area (Å²) in [5, 5.41) is 9.23. The predicted molar refractivity (Wildman–Crippen MR) is 64.2 cm³/mol. The van der Waals surface area contributed by atoms with Crippen molar-refractivity contribution in [2.45, 2.75) is 20.3 Å². The Hall–Kier alpha value is -1.74. The van der Waals surface area contributed by atoms with Gasteiger partial charge in [-0.2, -0.15) is 0 Å². The highest BCUT2D eigenvalue weighted by Gasteiger charge is 2.30. The highest BCUT2D eigenvalue weighted by molar-refractivity contribution is 6.27. The van der Waals surface area contributed by atoms with Gasteiger partial charge in [-0.1, -0.05) is 24.6 Å². The van der Waals surface area contributed by atoms with E-state index < -0.39 is 0 Å². The number of Topliss-reactive ketones (excluding diaryl/α,β-unsaturated/α-hetero) is 2. The molecule has 0 unspecified atom stereocenters. The molecule has 17 heavy (non-hydrogen) atoms. The monoisotopic (exact) mass is 230 g/mol. The van der Waals surface area contributed by atoms with Gasteiger partial charge in [0.05, 0.1) is 6.61 Å². The predicted octanol–water partition coefficient (Wildman–Crippen LogP) is 2.07. The molecule has 0 heterocycles. The number of ketones is 2. The summed E-state index contributed by atoms with van der Waals surface area (Å²) in [6, 6.07) is 5.20. The molecule has 0 spiro atoms. The lowest BCUT2D eigenvalue weighted by Crippen LogP contribution is -2.23. The summed E-state index contributed by atoms with van der Waals surface area (Å²) in [6.45, 7) is 3.33. The van der Waals surface area contributed by atoms with Crippen LogP contribution in [-0.4, -0.2) is 23.3 Å². The molecular weight excluding hydrogens is 216 g/mol. The van der Waals surface area contributed by atoms with Gasteiger partial charge in [0.25, 0.3) is 0 Å². The van der Waals surface area contributed by atoms with Crippen LogP contribution in [-0.2, 0) is 0 Å². The zero-order valence-corrected chi connectivity index (χ0v) is 9.91. The van der Waals surface area contributed by atoms with Gasteiger partial charge in [-0.05, 0) is 19.4 Å². The van der Waals surface area contributed by atoms with Gasteiger partial charge in [0.15, 0.2) is 11.6 Å². The first-order chi connectivity index (χ1) is 8.10. The lowest BCUT2D eigenvalue weighted by Gasteiger charge is -2.19. The van der Waals surface area contributed by atoms with Crippen LogP contribution < -0.4 is 0 Å². The van der Waals surface area contributed by atoms with E-state index in [1.165, 1.54) is 0 Å². The van der Waals surface area contributed by atoms with E-state index in [4.69, 9.17) is 0 Å². The van der Waals surface area contributed by atoms with Crippen molar-refractivity contribution in [1.29, 1.82) is 0 Å². The third-order valence-corrected chi connectivity index (χ3v) is 3.09. The number of benzene rings is 1. The molecule has 0 saturated heterocycles. The first-order valence-corrected chi connectivity index (χ1v) is 5.63. The lowest BCUT2D eigenvalue weighted by atomic mass is 9.82. The maximum Gasteiger partial charge on any atom is 0.192 e. The first kappa shape index (κ1) is 11.7. The summed E-state index contributed by atoms with van der Waals surface area (Å²) < 4.78 is 0. The summed E-state index contributed by atoms with van der Waals surface area (Å²) in [5.41, 5.74) is 2.50. The quantitative estimate of drug-likeness (QED) is 0.846. The van der Waals surface area contributed by atoms with Crippen LogP contribution in [0.4, 0.5) is 0 Å². The van der Waals surface area contributed by atoms with Gasteiger partial charge < -0.3 is 5.11 Å². The Morgan fingerprint density at radius 3 is 2.29 bits per heavy atom. The number of hydrogen-bond acceptors (Lipinski definition) is 3. The van der Waals surface area contributed by atoms with E-state index in [0.717, 1.165) is 5.56 Å². The standard InChI is InChI=1S/C14H14O3/c1-3-9-12(7-15)14(17)10-5-4-8(2)6-11(10)13(9)16/h4-6,15H,3,7H2,1-2H3. The van der Waals surface area contributed by atoms with Crippen LogP contribution in [0.25, 0.3) is 0 Å². The lowest BCUT2D eigenvalue weighted by molar-refractivity contribution is 0.0960. The molecule has 88 valence electrons. The number of allylic oxidation sites excluding steroid dienone is 1. The fourth-order valence-corrected chi connectivity index (χ4v) is 2.18. The molecule has 3 nitrogen and oxygen atoms in total. The number of aryl methyl sites for hydroxylation is 1. The van der Waals surface area contributed by atoms with Gasteiger partial charge in [0.2, 0.25) is 0 Å². The second-order valence-electron chi connectivity index (χ2n) is 4.18. The van der Waals surface area contributed by atoms with E-state index in [0.29, 0.717) is 23.1 Å². The zero-order chi connectivity index (χ0) is 12.6. The number of carbonyl (C=O) groups is 2. The summed E-state index contributed by atoms with van der Waals surface area (Å²) in [5.74, 6) is -0.353. The molecule has 0 saturated carbocycles. The molecule has 3 heteroatoms. The number of hydrogen-bond donors (Lipinski definition) is 1. The minimum atomic E-state index is -0.374. The molecule has 1 aromatic rings. The van der Waals surface area contributed by atoms with Crippen LogP contribution >= 0.6 is 0 Å². The maximum absolute atomic E-state index is 12.2. The molecule has 0 aromatic heterocycles. The smallest absolute Gasteiger partial charge is 0.192 e. The van der Waals surface area contributed by atoms with E-state index in [1.807, 2.05) is 13.8 Å². The van der Waals surface area contributed by atoms with Crippen LogP contribution in [0.2, 0.25) is 0 Å². The Labute approximate surface area is 99.8 Å². The number of aliphatic hydroxyl groups excluding tert-OH is 1. The third kappa shape index (κ3) is 1.72. The second-order valence-corrected chi connectivity index (χ2v) is 4.18. The minimum Gasteiger partial charge on any atom is -0.392 e. The average molecular weight is 230 g/mol. The van der Waals surface area contributed by atoms with E-state index >= 15 is 0 Å². The molecular formula is C14H14O3. The van der Waals surface area contributed by atoms with E-state index in [1.54, 1.807) is 18.2 Å². The van der Waals surface area contributed by atoms with Crippen LogP contribution in [0.1, 0.15) is 39.6 Å². The Bertz CT molecular complexity index is 538. The highest BCUT2D eigenvalue weighted by atomic mass is 16.3. The van der Waals surface area contributed by atoms with Gasteiger partial charge in [-0.25, -0.2) is 0 Å². The van der Waals surface area contributed by atoms with Crippen molar-refractivity contribution in [3.05, 3.63) is 46.0 Å². The summed E-state index contributed by atoms with van der Waals surface area (Å²) in [7, 11) is 0. The molecule has 1 aliphatic rings. The van der Waals surface area contributed by atoms with E-state index in [9.17, 15) is 14.7 Å². The van der Waals surface area contributed by atoms with Crippen molar-refractivity contribution >= 4 is 11.6 Å². The fourth-order valence-electron chi connectivity index (χ4n) is 2.18. The average Bonchev–Trinajstić information content (AvgIpc) is 2.33. The van der Waals surface area contributed by atoms with Crippen molar-refractivity contribution in [1.82, 2.24) is 0 Å². The van der Waals surface area contributed by atoms with Gasteiger partial charge in [0.1, 0.15) is 0 Å². The summed E-state index contributed by atoms with van der Waals surface area (Å²) in [6.07, 6.45) is 0.466. The van der Waals surface area contributed by atoms with Crippen LogP contribution in [0, 0.1) is 6.92 Å². The van der Waals surface area contributed by atoms with E-state index in [-0.39, 0.29) is 23.7 Å². The SMILES string of the molecule is CCC1=C(CO)C(=O)c2ccc(C)cc2C1=O. The first-order valence-electron chi connectivity index (χ1n) is 5.63. The van der Waals surface area contributed by atoms with Crippen LogP contribution in [0.15, 0.2) is 29.3 Å². The summed E-state index contributed by atoms with van der Waals surface area (Å²) >= 11 is 0. The highest BCUT2D eigenvalue weighted by Crippen LogP contribution is 2.28. The van der Waals surface area contributed by atoms with Crippen LogP contribution in [0.3, 0.4) is 0 Å². The van der Waals surface area contributed by atoms with Gasteiger partial charge in [-0.15, -0.1) is 0 Å². The van der Waals surface area contributed by atoms with Crippen molar-refractivity contribution < 1.29 is 14.7 Å². The van der Waals surface area contributed by atoms with Crippen molar-refractivity contribution in [3.8, 4) is 0 Å². The van der Waals surface area contributed by atoms with Crippen molar-refractivity contribution in [3.63, 3.8) is 0 Å². The minimum absolute atomic E-state index is 0.130. The Kier molecular flexibility index (Phi) is 2.94. The third-order valence-electron chi connectivity index (χ3n) is 3.09. The largest absolute Gasteiger partial charge is 0.392 e. The molecule has 1 aliphatic carbocycles. The van der Waals surface area contributed by atoms with E-state index in [2.05, 4.69) is 0 Å². The topological polar surface area (TPSA) is 54.4 Å². The second kappa shape index (κ2) is 4.26. The van der Waals surface area contributed by atoms with Crippen molar-refractivity contribution in [2.24, 2.45) is 0 Å². The molecule has 0 bridgehead atoms. The van der Waals surface area contributed by atoms with Gasteiger partial charge >= 0.3 is 0 Å². The maximum atomic E-state index is 12.2. The zero-order valence-electron chi connectivity index (χ0n) is 9.91. The normalized spacial score (nSPS) is 15.2. The molecule has 1 N–H and O–H groups in total. The molecule has 1 aromatic carbocycles. The Morgan fingerprint density at radius 2 is 1.71 bits per heavy atom. The molecule has 0 radical (unpaired) electrons. The molecule has 0 aliphatic heterocycles. The number of rotatable bonds is 2.